The number of nitrogens with zero attached hydrogens (tertiary/aromatic N) is 3. The second-order valence-electron chi connectivity index (χ2n) is 6.41. The number of aliphatic imine (C=N–C) groups is 1. The Morgan fingerprint density at radius 1 is 0.962 bits per heavy atom. The number of benzene rings is 2. The Bertz CT molecular complexity index is 709. The first-order valence-electron chi connectivity index (χ1n) is 9.13. The molecule has 0 aromatic heterocycles. The molecular weight excluding hydrogens is 324 g/mol. The maximum absolute atomic E-state index is 5.30. The smallest absolute Gasteiger partial charge is 0.194 e. The summed E-state index contributed by atoms with van der Waals surface area (Å²) in [6.45, 7) is 5.33. The van der Waals surface area contributed by atoms with Gasteiger partial charge in [0.05, 0.1) is 6.61 Å². The molecule has 0 aliphatic carbocycles. The lowest BCUT2D eigenvalue weighted by Gasteiger charge is -2.37. The van der Waals surface area contributed by atoms with Crippen LogP contribution in [0.4, 0.5) is 5.69 Å². The van der Waals surface area contributed by atoms with Gasteiger partial charge in [-0.1, -0.05) is 42.5 Å². The van der Waals surface area contributed by atoms with Crippen LogP contribution in [0.5, 0.6) is 0 Å². The molecule has 0 atom stereocenters. The van der Waals surface area contributed by atoms with Crippen molar-refractivity contribution in [3.8, 4) is 0 Å². The number of piperazine rings is 1. The lowest BCUT2D eigenvalue weighted by Crippen LogP contribution is -2.52. The van der Waals surface area contributed by atoms with Crippen molar-refractivity contribution in [3.05, 3.63) is 65.7 Å². The summed E-state index contributed by atoms with van der Waals surface area (Å²) in [5, 5.41) is 3.51. The third kappa shape index (κ3) is 4.55. The maximum Gasteiger partial charge on any atom is 0.194 e. The first-order chi connectivity index (χ1) is 12.8. The molecule has 0 unspecified atom stereocenters. The van der Waals surface area contributed by atoms with Crippen molar-refractivity contribution in [1.82, 2.24) is 10.2 Å². The first-order valence-corrected chi connectivity index (χ1v) is 9.13. The van der Waals surface area contributed by atoms with Crippen LogP contribution in [-0.2, 0) is 17.9 Å². The molecule has 1 fully saturated rings. The molecule has 0 amide bonds. The zero-order valence-corrected chi connectivity index (χ0v) is 15.7. The van der Waals surface area contributed by atoms with Crippen LogP contribution < -0.4 is 10.2 Å². The maximum atomic E-state index is 5.30. The summed E-state index contributed by atoms with van der Waals surface area (Å²) in [6.07, 6.45) is 0. The van der Waals surface area contributed by atoms with Crippen molar-refractivity contribution in [2.75, 3.05) is 45.2 Å². The summed E-state index contributed by atoms with van der Waals surface area (Å²) >= 11 is 0. The van der Waals surface area contributed by atoms with Gasteiger partial charge in [0, 0.05) is 52.6 Å². The summed E-state index contributed by atoms with van der Waals surface area (Å²) in [6, 6.07) is 19.0. The second-order valence-corrected chi connectivity index (χ2v) is 6.41. The van der Waals surface area contributed by atoms with Crippen LogP contribution >= 0.6 is 0 Å². The van der Waals surface area contributed by atoms with Crippen LogP contribution in [0.25, 0.3) is 0 Å². The van der Waals surface area contributed by atoms with E-state index in [1.165, 1.54) is 16.8 Å². The van der Waals surface area contributed by atoms with E-state index in [9.17, 15) is 0 Å². The predicted octanol–water partition coefficient (Wildman–Crippen LogP) is 2.73. The molecule has 1 aliphatic rings. The summed E-state index contributed by atoms with van der Waals surface area (Å²) in [5.41, 5.74) is 3.76. The fourth-order valence-corrected chi connectivity index (χ4v) is 3.35. The van der Waals surface area contributed by atoms with Gasteiger partial charge in [0.15, 0.2) is 5.96 Å². The summed E-state index contributed by atoms with van der Waals surface area (Å²) < 4.78 is 5.30. The minimum absolute atomic E-state index is 0.631. The van der Waals surface area contributed by atoms with E-state index in [0.717, 1.165) is 38.7 Å². The molecule has 138 valence electrons. The number of methoxy groups -OCH3 is 1. The highest BCUT2D eigenvalue weighted by molar-refractivity contribution is 5.80. The number of nitrogens with one attached hydrogen (secondary N) is 1. The molecule has 0 bridgehead atoms. The van der Waals surface area contributed by atoms with Crippen molar-refractivity contribution in [1.29, 1.82) is 0 Å². The predicted molar refractivity (Wildman–Crippen MR) is 108 cm³/mol. The van der Waals surface area contributed by atoms with Crippen molar-refractivity contribution in [2.45, 2.75) is 13.2 Å². The number of guanidine groups is 1. The van der Waals surface area contributed by atoms with Crippen LogP contribution in [0.1, 0.15) is 11.1 Å². The average Bonchev–Trinajstić information content (AvgIpc) is 2.71. The number of anilines is 1. The third-order valence-electron chi connectivity index (χ3n) is 4.77. The Labute approximate surface area is 156 Å². The van der Waals surface area contributed by atoms with Gasteiger partial charge in [-0.3, -0.25) is 4.99 Å². The molecule has 3 rings (SSSR count). The third-order valence-corrected chi connectivity index (χ3v) is 4.77. The summed E-state index contributed by atoms with van der Waals surface area (Å²) in [5.74, 6) is 0.963. The molecule has 0 saturated carbocycles. The Hall–Kier alpha value is -2.53. The molecule has 2 aromatic rings. The van der Waals surface area contributed by atoms with E-state index in [4.69, 9.17) is 4.74 Å². The van der Waals surface area contributed by atoms with E-state index >= 15 is 0 Å². The minimum Gasteiger partial charge on any atom is -0.380 e. The Morgan fingerprint density at radius 3 is 2.27 bits per heavy atom. The topological polar surface area (TPSA) is 40.1 Å². The van der Waals surface area contributed by atoms with Gasteiger partial charge in [-0.25, -0.2) is 0 Å². The Morgan fingerprint density at radius 2 is 1.62 bits per heavy atom. The van der Waals surface area contributed by atoms with Crippen molar-refractivity contribution >= 4 is 11.6 Å². The summed E-state index contributed by atoms with van der Waals surface area (Å²) in [7, 11) is 3.59. The van der Waals surface area contributed by atoms with E-state index in [2.05, 4.69) is 74.7 Å². The molecular formula is C21H28N4O. The molecule has 1 heterocycles. The lowest BCUT2D eigenvalue weighted by molar-refractivity contribution is 0.184. The van der Waals surface area contributed by atoms with Gasteiger partial charge in [-0.15, -0.1) is 0 Å². The van der Waals surface area contributed by atoms with Gasteiger partial charge in [0.1, 0.15) is 0 Å². The van der Waals surface area contributed by atoms with Crippen LogP contribution in [0.3, 0.4) is 0 Å². The Balaban J connectivity index is 1.56. The molecule has 0 spiro atoms. The highest BCUT2D eigenvalue weighted by atomic mass is 16.5. The van der Waals surface area contributed by atoms with Crippen LogP contribution in [0.15, 0.2) is 59.6 Å². The van der Waals surface area contributed by atoms with Gasteiger partial charge in [0.25, 0.3) is 0 Å². The normalized spacial score (nSPS) is 15.2. The quantitative estimate of drug-likeness (QED) is 0.663. The molecule has 5 nitrogen and oxygen atoms in total. The van der Waals surface area contributed by atoms with Gasteiger partial charge in [-0.05, 0) is 23.3 Å². The molecule has 1 N–H and O–H groups in total. The highest BCUT2D eigenvalue weighted by Gasteiger charge is 2.19. The molecule has 26 heavy (non-hydrogen) atoms. The van der Waals surface area contributed by atoms with E-state index in [1.54, 1.807) is 7.11 Å². The second kappa shape index (κ2) is 9.25. The van der Waals surface area contributed by atoms with Gasteiger partial charge < -0.3 is 19.9 Å². The first kappa shape index (κ1) is 18.3. The number of hydrogen-bond donors (Lipinski definition) is 1. The molecule has 5 heteroatoms. The van der Waals surface area contributed by atoms with Crippen LogP contribution in [-0.4, -0.2) is 51.2 Å². The van der Waals surface area contributed by atoms with E-state index in [0.29, 0.717) is 6.61 Å². The highest BCUT2D eigenvalue weighted by Crippen LogP contribution is 2.16. The van der Waals surface area contributed by atoms with E-state index < -0.39 is 0 Å². The van der Waals surface area contributed by atoms with Crippen molar-refractivity contribution in [3.63, 3.8) is 0 Å². The van der Waals surface area contributed by atoms with Gasteiger partial charge in [-0.2, -0.15) is 0 Å². The zero-order valence-electron chi connectivity index (χ0n) is 15.7. The number of ether oxygens (including phenoxy) is 1. The van der Waals surface area contributed by atoms with Crippen LogP contribution in [0.2, 0.25) is 0 Å². The fourth-order valence-electron chi connectivity index (χ4n) is 3.35. The summed E-state index contributed by atoms with van der Waals surface area (Å²) in [4.78, 5) is 9.24. The lowest BCUT2D eigenvalue weighted by atomic mass is 10.1. The molecule has 2 aromatic carbocycles. The van der Waals surface area contributed by atoms with Crippen molar-refractivity contribution in [2.24, 2.45) is 4.99 Å². The number of rotatable bonds is 5. The average molecular weight is 352 g/mol. The molecule has 1 aliphatic heterocycles. The molecule has 1 saturated heterocycles. The van der Waals surface area contributed by atoms with E-state index in [1.807, 2.05) is 7.05 Å². The largest absolute Gasteiger partial charge is 0.380 e. The SMILES string of the molecule is CN=C(NCc1ccccc1COC)N1CCN(c2ccccc2)CC1. The van der Waals surface area contributed by atoms with Crippen LogP contribution in [0, 0.1) is 0 Å². The monoisotopic (exact) mass is 352 g/mol. The van der Waals surface area contributed by atoms with Gasteiger partial charge in [0.2, 0.25) is 0 Å². The van der Waals surface area contributed by atoms with Crippen molar-refractivity contribution < 1.29 is 4.74 Å². The number of para-hydroxylation sites is 1. The standard InChI is InChI=1S/C21H28N4O/c1-22-21(23-16-18-8-6-7-9-19(18)17-26-2)25-14-12-24(13-15-25)20-10-4-3-5-11-20/h3-11H,12-17H2,1-2H3,(H,22,23). The zero-order chi connectivity index (χ0) is 18.2. The molecule has 0 radical (unpaired) electrons. The fraction of sp³-hybridized carbons (Fsp3) is 0.381. The van der Waals surface area contributed by atoms with E-state index in [-0.39, 0.29) is 0 Å². The number of hydrogen-bond acceptors (Lipinski definition) is 3. The Kier molecular flexibility index (Phi) is 6.50. The minimum atomic E-state index is 0.631. The van der Waals surface area contributed by atoms with Gasteiger partial charge >= 0.3 is 0 Å².